The van der Waals surface area contributed by atoms with E-state index >= 15 is 0 Å². The van der Waals surface area contributed by atoms with Gasteiger partial charge in [-0.3, -0.25) is 4.79 Å². The van der Waals surface area contributed by atoms with Crippen molar-refractivity contribution < 1.29 is 13.2 Å². The Labute approximate surface area is 178 Å². The second-order valence-corrected chi connectivity index (χ2v) is 10.1. The van der Waals surface area contributed by atoms with Crippen LogP contribution in [0.15, 0.2) is 58.3 Å². The van der Waals surface area contributed by atoms with Gasteiger partial charge < -0.3 is 5.32 Å². The molecular weight excluding hydrogens is 404 g/mol. The van der Waals surface area contributed by atoms with E-state index in [1.165, 1.54) is 4.90 Å². The fourth-order valence-corrected chi connectivity index (χ4v) is 4.36. The average Bonchev–Trinajstić information content (AvgIpc) is 2.71. The number of sulfonamides is 1. The average molecular weight is 435 g/mol. The SMILES string of the molecule is CSc1ccc([C@H](C)NC(=O)CCc2ccc(S(=O)(=O)NCC(C)C)cc2)cc1. The summed E-state index contributed by atoms with van der Waals surface area (Å²) in [6.07, 6.45) is 2.94. The molecular formula is C22H30N2O3S2. The molecule has 0 bridgehead atoms. The lowest BCUT2D eigenvalue weighted by Gasteiger charge is -2.15. The standard InChI is InChI=1S/C22H30N2O3S2/c1-16(2)15-23-29(26,27)21-12-5-18(6-13-21)7-14-22(25)24-17(3)19-8-10-20(28-4)11-9-19/h5-6,8-13,16-17,23H,7,14-15H2,1-4H3,(H,24,25)/t17-/m0/s1. The molecule has 2 rings (SSSR count). The van der Waals surface area contributed by atoms with E-state index in [1.807, 2.05) is 51.3 Å². The highest BCUT2D eigenvalue weighted by atomic mass is 32.2. The van der Waals surface area contributed by atoms with Gasteiger partial charge in [0.15, 0.2) is 0 Å². The first-order chi connectivity index (χ1) is 13.7. The number of rotatable bonds is 10. The Bertz CT molecular complexity index is 893. The van der Waals surface area contributed by atoms with Crippen molar-refractivity contribution in [2.45, 2.75) is 49.4 Å². The van der Waals surface area contributed by atoms with Crippen LogP contribution in [-0.2, 0) is 21.2 Å². The summed E-state index contributed by atoms with van der Waals surface area (Å²) >= 11 is 1.69. The highest BCUT2D eigenvalue weighted by molar-refractivity contribution is 7.98. The Balaban J connectivity index is 1.86. The molecule has 1 atom stereocenters. The van der Waals surface area contributed by atoms with Gasteiger partial charge in [0.05, 0.1) is 10.9 Å². The number of amides is 1. The Morgan fingerprint density at radius 3 is 2.17 bits per heavy atom. The number of carbonyl (C=O) groups is 1. The van der Waals surface area contributed by atoms with Gasteiger partial charge in [-0.1, -0.05) is 38.1 Å². The molecule has 0 fully saturated rings. The third kappa shape index (κ3) is 7.49. The van der Waals surface area contributed by atoms with Crippen LogP contribution in [0.2, 0.25) is 0 Å². The summed E-state index contributed by atoms with van der Waals surface area (Å²) in [5, 5.41) is 3.02. The van der Waals surface area contributed by atoms with Crippen LogP contribution in [0.4, 0.5) is 0 Å². The predicted molar refractivity (Wildman–Crippen MR) is 120 cm³/mol. The maximum atomic E-state index is 12.3. The molecule has 5 nitrogen and oxygen atoms in total. The molecule has 2 N–H and O–H groups in total. The van der Waals surface area contributed by atoms with E-state index in [4.69, 9.17) is 0 Å². The molecule has 0 heterocycles. The smallest absolute Gasteiger partial charge is 0.240 e. The largest absolute Gasteiger partial charge is 0.350 e. The van der Waals surface area contributed by atoms with Crippen LogP contribution in [-0.4, -0.2) is 27.1 Å². The van der Waals surface area contributed by atoms with Crippen molar-refractivity contribution in [3.05, 3.63) is 59.7 Å². The van der Waals surface area contributed by atoms with Gasteiger partial charge in [0.1, 0.15) is 0 Å². The molecule has 29 heavy (non-hydrogen) atoms. The monoisotopic (exact) mass is 434 g/mol. The molecule has 7 heteroatoms. The third-order valence-corrected chi connectivity index (χ3v) is 6.73. The summed E-state index contributed by atoms with van der Waals surface area (Å²) in [7, 11) is -3.49. The Kier molecular flexibility index (Phi) is 8.74. The van der Waals surface area contributed by atoms with Gasteiger partial charge in [-0.05, 0) is 60.9 Å². The van der Waals surface area contributed by atoms with Crippen LogP contribution in [0.3, 0.4) is 0 Å². The molecule has 158 valence electrons. The zero-order valence-electron chi connectivity index (χ0n) is 17.4. The number of carbonyl (C=O) groups excluding carboxylic acids is 1. The summed E-state index contributed by atoms with van der Waals surface area (Å²) in [4.78, 5) is 13.7. The fraction of sp³-hybridized carbons (Fsp3) is 0.409. The normalized spacial score (nSPS) is 12.7. The van der Waals surface area contributed by atoms with Crippen LogP contribution >= 0.6 is 11.8 Å². The van der Waals surface area contributed by atoms with E-state index in [-0.39, 0.29) is 22.8 Å². The minimum Gasteiger partial charge on any atom is -0.350 e. The van der Waals surface area contributed by atoms with Gasteiger partial charge in [0.2, 0.25) is 15.9 Å². The molecule has 2 aromatic rings. The molecule has 1 amide bonds. The van der Waals surface area contributed by atoms with E-state index < -0.39 is 10.0 Å². The number of thioether (sulfide) groups is 1. The third-order valence-electron chi connectivity index (χ3n) is 4.55. The molecule has 0 unspecified atom stereocenters. The highest BCUT2D eigenvalue weighted by Gasteiger charge is 2.14. The van der Waals surface area contributed by atoms with E-state index in [1.54, 1.807) is 36.0 Å². The van der Waals surface area contributed by atoms with Crippen molar-refractivity contribution in [3.63, 3.8) is 0 Å². The molecule has 0 aliphatic rings. The molecule has 2 aromatic carbocycles. The summed E-state index contributed by atoms with van der Waals surface area (Å²) in [6.45, 7) is 6.28. The van der Waals surface area contributed by atoms with E-state index in [2.05, 4.69) is 10.0 Å². The van der Waals surface area contributed by atoms with Crippen molar-refractivity contribution in [3.8, 4) is 0 Å². The second-order valence-electron chi connectivity index (χ2n) is 7.45. The van der Waals surface area contributed by atoms with Crippen molar-refractivity contribution in [2.24, 2.45) is 5.92 Å². The van der Waals surface area contributed by atoms with Crippen LogP contribution in [0, 0.1) is 5.92 Å². The minimum absolute atomic E-state index is 0.0262. The van der Waals surface area contributed by atoms with E-state index in [0.29, 0.717) is 19.4 Å². The molecule has 0 aliphatic heterocycles. The first-order valence-electron chi connectivity index (χ1n) is 9.73. The number of nitrogens with one attached hydrogen (secondary N) is 2. The molecule has 0 saturated heterocycles. The van der Waals surface area contributed by atoms with Crippen molar-refractivity contribution in [1.29, 1.82) is 0 Å². The first-order valence-corrected chi connectivity index (χ1v) is 12.4. The van der Waals surface area contributed by atoms with Crippen LogP contribution in [0.5, 0.6) is 0 Å². The van der Waals surface area contributed by atoms with Gasteiger partial charge in [0, 0.05) is 17.9 Å². The van der Waals surface area contributed by atoms with Crippen LogP contribution < -0.4 is 10.0 Å². The quantitative estimate of drug-likeness (QED) is 0.551. The van der Waals surface area contributed by atoms with Gasteiger partial charge in [-0.25, -0.2) is 13.1 Å². The number of hydrogen-bond donors (Lipinski definition) is 2. The van der Waals surface area contributed by atoms with Gasteiger partial charge in [-0.2, -0.15) is 0 Å². The number of aryl methyl sites for hydroxylation is 1. The fourth-order valence-electron chi connectivity index (χ4n) is 2.74. The van der Waals surface area contributed by atoms with Gasteiger partial charge >= 0.3 is 0 Å². The molecule has 0 radical (unpaired) electrons. The Hall–Kier alpha value is -1.83. The van der Waals surface area contributed by atoms with Crippen molar-refractivity contribution in [2.75, 3.05) is 12.8 Å². The molecule has 0 saturated carbocycles. The second kappa shape index (κ2) is 10.8. The van der Waals surface area contributed by atoms with Crippen LogP contribution in [0.1, 0.15) is 44.4 Å². The number of benzene rings is 2. The topological polar surface area (TPSA) is 75.3 Å². The van der Waals surface area contributed by atoms with E-state index in [9.17, 15) is 13.2 Å². The Morgan fingerprint density at radius 1 is 1.00 bits per heavy atom. The summed E-state index contributed by atoms with van der Waals surface area (Å²) in [5.74, 6) is 0.218. The first kappa shape index (κ1) is 23.4. The zero-order valence-corrected chi connectivity index (χ0v) is 19.1. The minimum atomic E-state index is -3.49. The summed E-state index contributed by atoms with van der Waals surface area (Å²) in [5.41, 5.74) is 2.00. The summed E-state index contributed by atoms with van der Waals surface area (Å²) in [6, 6.07) is 14.8. The predicted octanol–water partition coefficient (Wildman–Crippen LogP) is 4.15. The van der Waals surface area contributed by atoms with E-state index in [0.717, 1.165) is 11.1 Å². The molecule has 0 spiro atoms. The molecule has 0 aliphatic carbocycles. The maximum Gasteiger partial charge on any atom is 0.240 e. The van der Waals surface area contributed by atoms with Gasteiger partial charge in [-0.15, -0.1) is 11.8 Å². The maximum absolute atomic E-state index is 12.3. The lowest BCUT2D eigenvalue weighted by Crippen LogP contribution is -2.27. The van der Waals surface area contributed by atoms with Gasteiger partial charge in [0.25, 0.3) is 0 Å². The van der Waals surface area contributed by atoms with Crippen molar-refractivity contribution in [1.82, 2.24) is 10.0 Å². The van der Waals surface area contributed by atoms with Crippen LogP contribution in [0.25, 0.3) is 0 Å². The highest BCUT2D eigenvalue weighted by Crippen LogP contribution is 2.19. The number of hydrogen-bond acceptors (Lipinski definition) is 4. The lowest BCUT2D eigenvalue weighted by atomic mass is 10.1. The Morgan fingerprint density at radius 2 is 1.62 bits per heavy atom. The van der Waals surface area contributed by atoms with Crippen molar-refractivity contribution >= 4 is 27.7 Å². The molecule has 0 aromatic heterocycles. The summed E-state index contributed by atoms with van der Waals surface area (Å²) < 4.78 is 27.1. The lowest BCUT2D eigenvalue weighted by molar-refractivity contribution is -0.121. The zero-order chi connectivity index (χ0) is 21.4.